The fraction of sp³-hybridized carbons (Fsp3) is 1.00. The normalized spacial score (nSPS) is 16.3. The molecule has 0 saturated carbocycles. The molecule has 1 aliphatic rings. The van der Waals surface area contributed by atoms with Crippen molar-refractivity contribution in [3.63, 3.8) is 0 Å². The Hall–Kier alpha value is 0.540. The SMILES string of the molecule is CCCCCCCCCCCCN(CCCCCCCCCCCC)CCSCCN1CC(CC(C)C)N(CCSCCN(CCCCCCCCCCCC)CC(C)CCCCCCCCCC)CC1CC(C)C. The van der Waals surface area contributed by atoms with Gasteiger partial charge in [-0.3, -0.25) is 9.80 Å². The van der Waals surface area contributed by atoms with E-state index >= 15 is 0 Å². The number of nitrogens with zero attached hydrogens (tertiary/aromatic N) is 4. The molecule has 0 aromatic carbocycles. The van der Waals surface area contributed by atoms with Gasteiger partial charge in [0.05, 0.1) is 0 Å². The fourth-order valence-corrected chi connectivity index (χ4v) is 14.3. The maximum atomic E-state index is 2.98. The summed E-state index contributed by atoms with van der Waals surface area (Å²) in [6.45, 7) is 34.8. The Balaban J connectivity index is 2.69. The molecule has 3 unspecified atom stereocenters. The van der Waals surface area contributed by atoms with Crippen LogP contribution >= 0.6 is 23.5 Å². The van der Waals surface area contributed by atoms with Gasteiger partial charge in [-0.15, -0.1) is 0 Å². The highest BCUT2D eigenvalue weighted by molar-refractivity contribution is 7.99. The molecular formula is C69H142N4S2. The van der Waals surface area contributed by atoms with Crippen LogP contribution in [0.25, 0.3) is 0 Å². The minimum absolute atomic E-state index is 0.710. The van der Waals surface area contributed by atoms with Crippen LogP contribution in [0.1, 0.15) is 326 Å². The second-order valence-corrected chi connectivity index (χ2v) is 28.3. The highest BCUT2D eigenvalue weighted by Crippen LogP contribution is 2.26. The van der Waals surface area contributed by atoms with E-state index in [0.717, 1.165) is 17.8 Å². The van der Waals surface area contributed by atoms with Crippen molar-refractivity contribution in [1.29, 1.82) is 0 Å². The summed E-state index contributed by atoms with van der Waals surface area (Å²) < 4.78 is 0. The topological polar surface area (TPSA) is 13.0 Å². The van der Waals surface area contributed by atoms with Gasteiger partial charge in [0.2, 0.25) is 0 Å². The van der Waals surface area contributed by atoms with Crippen molar-refractivity contribution in [3.05, 3.63) is 0 Å². The summed E-state index contributed by atoms with van der Waals surface area (Å²) in [7, 11) is 0. The van der Waals surface area contributed by atoms with Crippen LogP contribution in [-0.2, 0) is 0 Å². The standard InChI is InChI=1S/C69H142N4S2/c1-10-14-18-22-26-30-33-37-41-45-49-70(50-46-42-38-34-31-27-23-19-15-11-2)52-56-74-58-54-72-63-69(61-66(7)8)73(64-68(72)60-65(5)6)55-59-75-57-53-71(51-47-43-39-35-32-28-24-20-16-12-3)62-67(9)48-44-40-36-29-25-21-17-13-4/h65-69H,10-64H2,1-9H3. The van der Waals surface area contributed by atoms with Crippen LogP contribution in [0.2, 0.25) is 0 Å². The third kappa shape index (κ3) is 47.8. The van der Waals surface area contributed by atoms with Crippen molar-refractivity contribution in [2.24, 2.45) is 17.8 Å². The van der Waals surface area contributed by atoms with Crippen molar-refractivity contribution >= 4 is 23.5 Å². The number of unbranched alkanes of at least 4 members (excludes halogenated alkanes) is 34. The summed E-state index contributed by atoms with van der Waals surface area (Å²) in [4.78, 5) is 11.7. The summed E-state index contributed by atoms with van der Waals surface area (Å²) in [6, 6.07) is 1.42. The zero-order valence-electron chi connectivity index (χ0n) is 53.4. The van der Waals surface area contributed by atoms with Gasteiger partial charge in [-0.25, -0.2) is 0 Å². The molecule has 6 heteroatoms. The average molecular weight is 1090 g/mol. The first kappa shape index (κ1) is 73.6. The van der Waals surface area contributed by atoms with Crippen LogP contribution in [0.15, 0.2) is 0 Å². The van der Waals surface area contributed by atoms with E-state index in [1.165, 1.54) is 352 Å². The Morgan fingerprint density at radius 3 is 0.933 bits per heavy atom. The molecule has 1 fully saturated rings. The van der Waals surface area contributed by atoms with Crippen LogP contribution in [0, 0.1) is 17.8 Å². The van der Waals surface area contributed by atoms with Gasteiger partial charge in [-0.05, 0) is 75.9 Å². The highest BCUT2D eigenvalue weighted by Gasteiger charge is 2.34. The lowest BCUT2D eigenvalue weighted by molar-refractivity contribution is 0.0193. The number of hydrogen-bond donors (Lipinski definition) is 0. The first-order valence-electron chi connectivity index (χ1n) is 34.8. The van der Waals surface area contributed by atoms with Crippen molar-refractivity contribution in [2.45, 2.75) is 338 Å². The van der Waals surface area contributed by atoms with Crippen molar-refractivity contribution < 1.29 is 0 Å². The maximum Gasteiger partial charge on any atom is 0.0226 e. The molecule has 0 N–H and O–H groups in total. The number of hydrogen-bond acceptors (Lipinski definition) is 6. The Morgan fingerprint density at radius 1 is 0.333 bits per heavy atom. The highest BCUT2D eigenvalue weighted by atomic mass is 32.2. The lowest BCUT2D eigenvalue weighted by Crippen LogP contribution is -2.59. The van der Waals surface area contributed by atoms with Crippen LogP contribution < -0.4 is 0 Å². The molecule has 0 aromatic rings. The van der Waals surface area contributed by atoms with E-state index in [1.54, 1.807) is 0 Å². The molecule has 3 atom stereocenters. The number of rotatable bonds is 60. The minimum Gasteiger partial charge on any atom is -0.303 e. The van der Waals surface area contributed by atoms with Crippen LogP contribution in [-0.4, -0.2) is 120 Å². The lowest BCUT2D eigenvalue weighted by Gasteiger charge is -2.48. The summed E-state index contributed by atoms with van der Waals surface area (Å²) in [6.07, 6.45) is 58.7. The maximum absolute atomic E-state index is 2.98. The van der Waals surface area contributed by atoms with Gasteiger partial charge < -0.3 is 9.80 Å². The molecule has 1 heterocycles. The van der Waals surface area contributed by atoms with E-state index < -0.39 is 0 Å². The molecule has 4 nitrogen and oxygen atoms in total. The fourth-order valence-electron chi connectivity index (χ4n) is 12.4. The molecule has 0 amide bonds. The summed E-state index contributed by atoms with van der Waals surface area (Å²) in [5.41, 5.74) is 0. The second kappa shape index (κ2) is 56.4. The van der Waals surface area contributed by atoms with Gasteiger partial charge in [-0.2, -0.15) is 23.5 Å². The second-order valence-electron chi connectivity index (χ2n) is 25.8. The third-order valence-electron chi connectivity index (χ3n) is 17.2. The molecular weight excluding hydrogens is 949 g/mol. The molecule has 0 aromatic heterocycles. The zero-order chi connectivity index (χ0) is 54.5. The summed E-state index contributed by atoms with van der Waals surface area (Å²) in [5, 5.41) is 0. The van der Waals surface area contributed by atoms with Crippen LogP contribution in [0.5, 0.6) is 0 Å². The Kier molecular flexibility index (Phi) is 55.3. The monoisotopic (exact) mass is 1090 g/mol. The van der Waals surface area contributed by atoms with E-state index in [0.29, 0.717) is 12.1 Å². The van der Waals surface area contributed by atoms with E-state index in [4.69, 9.17) is 0 Å². The average Bonchev–Trinajstić information content (AvgIpc) is 3.38. The van der Waals surface area contributed by atoms with Gasteiger partial charge in [-0.1, -0.05) is 287 Å². The number of piperazine rings is 1. The first-order chi connectivity index (χ1) is 36.7. The van der Waals surface area contributed by atoms with E-state index in [1.807, 2.05) is 0 Å². The van der Waals surface area contributed by atoms with E-state index in [2.05, 4.69) is 105 Å². The Morgan fingerprint density at radius 2 is 0.613 bits per heavy atom. The molecule has 0 aliphatic carbocycles. The van der Waals surface area contributed by atoms with Gasteiger partial charge in [0, 0.05) is 80.9 Å². The van der Waals surface area contributed by atoms with Gasteiger partial charge in [0.1, 0.15) is 0 Å². The molecule has 75 heavy (non-hydrogen) atoms. The van der Waals surface area contributed by atoms with Crippen LogP contribution in [0.3, 0.4) is 0 Å². The zero-order valence-corrected chi connectivity index (χ0v) is 55.0. The van der Waals surface area contributed by atoms with Crippen LogP contribution in [0.4, 0.5) is 0 Å². The Bertz CT molecular complexity index is 1080. The lowest BCUT2D eigenvalue weighted by atomic mass is 9.94. The molecule has 450 valence electrons. The van der Waals surface area contributed by atoms with Gasteiger partial charge >= 0.3 is 0 Å². The van der Waals surface area contributed by atoms with Crippen molar-refractivity contribution in [1.82, 2.24) is 19.6 Å². The smallest absolute Gasteiger partial charge is 0.0226 e. The minimum atomic E-state index is 0.710. The third-order valence-corrected chi connectivity index (χ3v) is 19.0. The van der Waals surface area contributed by atoms with Gasteiger partial charge in [0.15, 0.2) is 0 Å². The number of thioether (sulfide) groups is 2. The Labute approximate surface area is 484 Å². The molecule has 0 spiro atoms. The molecule has 0 bridgehead atoms. The predicted molar refractivity (Wildman–Crippen MR) is 349 cm³/mol. The van der Waals surface area contributed by atoms with Crippen molar-refractivity contribution in [3.8, 4) is 0 Å². The van der Waals surface area contributed by atoms with E-state index in [9.17, 15) is 0 Å². The predicted octanol–water partition coefficient (Wildman–Crippen LogP) is 21.4. The quantitative estimate of drug-likeness (QED) is 0.0559. The first-order valence-corrected chi connectivity index (χ1v) is 37.1. The largest absolute Gasteiger partial charge is 0.303 e. The molecule has 1 aliphatic heterocycles. The van der Waals surface area contributed by atoms with Gasteiger partial charge in [0.25, 0.3) is 0 Å². The molecule has 1 saturated heterocycles. The summed E-state index contributed by atoms with van der Waals surface area (Å²) >= 11 is 4.54. The molecule has 0 radical (unpaired) electrons. The van der Waals surface area contributed by atoms with Crippen molar-refractivity contribution in [2.75, 3.05) is 88.5 Å². The molecule has 1 rings (SSSR count). The summed E-state index contributed by atoms with van der Waals surface area (Å²) in [5.74, 6) is 7.56. The van der Waals surface area contributed by atoms with E-state index in [-0.39, 0.29) is 0 Å².